The molecule has 3 N–H and O–H groups in total. The summed E-state index contributed by atoms with van der Waals surface area (Å²) < 4.78 is 29.2. The highest BCUT2D eigenvalue weighted by atomic mass is 32.2. The molecule has 0 radical (unpaired) electrons. The molecule has 4 heterocycles. The molecule has 36 heavy (non-hydrogen) atoms. The van der Waals surface area contributed by atoms with E-state index in [0.717, 1.165) is 37.2 Å². The van der Waals surface area contributed by atoms with E-state index in [1.54, 1.807) is 24.5 Å². The zero-order valence-electron chi connectivity index (χ0n) is 19.7. The van der Waals surface area contributed by atoms with E-state index in [0.29, 0.717) is 51.9 Å². The first-order valence-corrected chi connectivity index (χ1v) is 13.7. The van der Waals surface area contributed by atoms with Crippen molar-refractivity contribution >= 4 is 55.4 Å². The normalized spacial score (nSPS) is 15.1. The van der Waals surface area contributed by atoms with E-state index < -0.39 is 15.9 Å². The van der Waals surface area contributed by atoms with Gasteiger partial charge in [-0.15, -0.1) is 0 Å². The maximum atomic E-state index is 11.4. The van der Waals surface area contributed by atoms with Gasteiger partial charge in [0.2, 0.25) is 5.95 Å². The average molecular weight is 514 g/mol. The van der Waals surface area contributed by atoms with Gasteiger partial charge in [-0.25, -0.2) is 18.2 Å². The predicted molar refractivity (Wildman–Crippen MR) is 136 cm³/mol. The summed E-state index contributed by atoms with van der Waals surface area (Å²) in [5.41, 5.74) is 2.39. The van der Waals surface area contributed by atoms with Crippen LogP contribution < -0.4 is 15.5 Å². The van der Waals surface area contributed by atoms with E-state index in [-0.39, 0.29) is 5.75 Å². The van der Waals surface area contributed by atoms with Crippen molar-refractivity contribution in [2.45, 2.75) is 12.8 Å². The highest BCUT2D eigenvalue weighted by Gasteiger charge is 2.24. The molecular weight excluding hydrogens is 486 g/mol. The number of nitrogens with zero attached hydrogens (tertiary/aromatic N) is 5. The second-order valence-corrected chi connectivity index (χ2v) is 11.3. The molecule has 13 heteroatoms. The number of aromatic nitrogens is 4. The van der Waals surface area contributed by atoms with Crippen LogP contribution in [0.5, 0.6) is 0 Å². The molecule has 1 aromatic carbocycles. The molecule has 190 valence electrons. The molecule has 1 fully saturated rings. The number of fused-ring (bicyclic) bond motifs is 2. The number of carbonyl (C=O) groups is 1. The molecule has 1 aliphatic heterocycles. The summed E-state index contributed by atoms with van der Waals surface area (Å²) in [4.78, 5) is 22.9. The van der Waals surface area contributed by atoms with Crippen molar-refractivity contribution in [3.8, 4) is 0 Å². The van der Waals surface area contributed by atoms with Gasteiger partial charge in [-0.1, -0.05) is 0 Å². The molecule has 1 saturated heterocycles. The van der Waals surface area contributed by atoms with Crippen molar-refractivity contribution < 1.29 is 22.7 Å². The van der Waals surface area contributed by atoms with Gasteiger partial charge in [0.25, 0.3) is 0 Å². The van der Waals surface area contributed by atoms with Gasteiger partial charge in [0.1, 0.15) is 15.4 Å². The first-order chi connectivity index (χ1) is 17.3. The lowest BCUT2D eigenvalue weighted by atomic mass is 9.97. The lowest BCUT2D eigenvalue weighted by Gasteiger charge is -2.33. The first kappa shape index (κ1) is 24.0. The predicted octanol–water partition coefficient (Wildman–Crippen LogP) is 2.69. The van der Waals surface area contributed by atoms with Crippen LogP contribution in [0, 0.1) is 5.92 Å². The summed E-state index contributed by atoms with van der Waals surface area (Å²) in [5, 5.41) is 20.4. The summed E-state index contributed by atoms with van der Waals surface area (Å²) in [6, 6.07) is 7.09. The van der Waals surface area contributed by atoms with Gasteiger partial charge in [0.15, 0.2) is 11.4 Å². The van der Waals surface area contributed by atoms with E-state index in [1.807, 2.05) is 6.07 Å². The summed E-state index contributed by atoms with van der Waals surface area (Å²) in [6.07, 6.45) is 5.06. The van der Waals surface area contributed by atoms with Crippen molar-refractivity contribution in [1.29, 1.82) is 0 Å². The maximum Gasteiger partial charge on any atom is 0.432 e. The molecule has 0 bridgehead atoms. The molecule has 0 amide bonds. The average Bonchev–Trinajstić information content (AvgIpc) is 3.48. The third-order valence-electron chi connectivity index (χ3n) is 6.29. The van der Waals surface area contributed by atoms with Crippen LogP contribution in [-0.4, -0.2) is 77.6 Å². The van der Waals surface area contributed by atoms with Gasteiger partial charge in [0.05, 0.1) is 23.7 Å². The molecular formula is C23H27N7O5S. The number of piperidine rings is 1. The van der Waals surface area contributed by atoms with Crippen LogP contribution in [0.2, 0.25) is 0 Å². The highest BCUT2D eigenvalue weighted by molar-refractivity contribution is 7.90. The van der Waals surface area contributed by atoms with Crippen LogP contribution in [0.25, 0.3) is 22.0 Å². The maximum absolute atomic E-state index is 11.4. The standard InChI is InChI=1S/C23H27N7O5S/c1-36(33,34)11-7-24-13-15-4-8-29(9-5-15)21-20-18(6-10-35-20)27-22(28-21)26-17-3-2-16-14-25-30(23(31)32)19(16)12-17/h2-3,6,10,12,14-15,24H,4-5,7-9,11,13H2,1H3,(H,31,32)(H,26,27,28). The van der Waals surface area contributed by atoms with Gasteiger partial charge in [0, 0.05) is 43.0 Å². The van der Waals surface area contributed by atoms with Crippen LogP contribution >= 0.6 is 0 Å². The smallest absolute Gasteiger partial charge is 0.432 e. The van der Waals surface area contributed by atoms with E-state index in [9.17, 15) is 18.3 Å². The second-order valence-electron chi connectivity index (χ2n) is 9.01. The summed E-state index contributed by atoms with van der Waals surface area (Å²) in [5.74, 6) is 1.68. The molecule has 0 spiro atoms. The molecule has 0 saturated carbocycles. The highest BCUT2D eigenvalue weighted by Crippen LogP contribution is 2.31. The number of rotatable bonds is 8. The largest absolute Gasteiger partial charge is 0.463 e. The van der Waals surface area contributed by atoms with Crippen molar-refractivity contribution in [1.82, 2.24) is 25.1 Å². The topological polar surface area (TPSA) is 155 Å². The fraction of sp³-hybridized carbons (Fsp3) is 0.391. The Morgan fingerprint density at radius 3 is 2.78 bits per heavy atom. The Morgan fingerprint density at radius 1 is 1.22 bits per heavy atom. The van der Waals surface area contributed by atoms with Crippen molar-refractivity contribution in [2.75, 3.05) is 48.4 Å². The van der Waals surface area contributed by atoms with Gasteiger partial charge in [-0.2, -0.15) is 14.8 Å². The molecule has 4 aromatic rings. The lowest BCUT2D eigenvalue weighted by molar-refractivity contribution is 0.194. The summed E-state index contributed by atoms with van der Waals surface area (Å²) in [6.45, 7) is 2.82. The Bertz CT molecular complexity index is 1510. The number of hydrogen-bond donors (Lipinski definition) is 3. The number of hydrogen-bond acceptors (Lipinski definition) is 10. The third-order valence-corrected chi connectivity index (χ3v) is 7.24. The van der Waals surface area contributed by atoms with E-state index in [2.05, 4.69) is 25.6 Å². The minimum Gasteiger partial charge on any atom is -0.463 e. The number of carboxylic acid groups (broad SMARTS) is 1. The fourth-order valence-corrected chi connectivity index (χ4v) is 4.92. The number of furan rings is 1. The number of sulfone groups is 1. The van der Waals surface area contributed by atoms with Crippen LogP contribution in [-0.2, 0) is 9.84 Å². The fourth-order valence-electron chi connectivity index (χ4n) is 4.41. The molecule has 12 nitrogen and oxygen atoms in total. The van der Waals surface area contributed by atoms with E-state index in [4.69, 9.17) is 9.40 Å². The lowest BCUT2D eigenvalue weighted by Crippen LogP contribution is -2.38. The van der Waals surface area contributed by atoms with Crippen LogP contribution in [0.4, 0.5) is 22.2 Å². The minimum absolute atomic E-state index is 0.143. The van der Waals surface area contributed by atoms with Crippen molar-refractivity contribution in [3.05, 3.63) is 36.7 Å². The van der Waals surface area contributed by atoms with Crippen LogP contribution in [0.3, 0.4) is 0 Å². The Labute approximate surface area is 207 Å². The number of nitrogens with one attached hydrogen (secondary N) is 2. The molecule has 0 aliphatic carbocycles. The van der Waals surface area contributed by atoms with E-state index in [1.165, 1.54) is 12.5 Å². The third kappa shape index (κ3) is 5.26. The molecule has 0 unspecified atom stereocenters. The molecule has 5 rings (SSSR count). The molecule has 1 aliphatic rings. The zero-order valence-corrected chi connectivity index (χ0v) is 20.5. The Morgan fingerprint density at radius 2 is 2.03 bits per heavy atom. The Kier molecular flexibility index (Phi) is 6.49. The van der Waals surface area contributed by atoms with Gasteiger partial charge in [-0.3, -0.25) is 0 Å². The van der Waals surface area contributed by atoms with Crippen LogP contribution in [0.1, 0.15) is 12.8 Å². The first-order valence-electron chi connectivity index (χ1n) is 11.6. The van der Waals surface area contributed by atoms with Crippen molar-refractivity contribution in [3.63, 3.8) is 0 Å². The van der Waals surface area contributed by atoms with E-state index >= 15 is 0 Å². The quantitative estimate of drug-likeness (QED) is 0.298. The number of anilines is 3. The second kappa shape index (κ2) is 9.74. The zero-order chi connectivity index (χ0) is 25.3. The monoisotopic (exact) mass is 513 g/mol. The van der Waals surface area contributed by atoms with Gasteiger partial charge >= 0.3 is 6.09 Å². The molecule has 0 atom stereocenters. The van der Waals surface area contributed by atoms with Crippen LogP contribution in [0.15, 0.2) is 41.1 Å². The Balaban J connectivity index is 1.30. The van der Waals surface area contributed by atoms with Gasteiger partial charge in [-0.05, 0) is 43.5 Å². The van der Waals surface area contributed by atoms with Crippen molar-refractivity contribution in [2.24, 2.45) is 5.92 Å². The minimum atomic E-state index is -2.96. The number of benzene rings is 1. The summed E-state index contributed by atoms with van der Waals surface area (Å²) >= 11 is 0. The molecule has 3 aromatic heterocycles. The Hall–Kier alpha value is -3.71. The SMILES string of the molecule is CS(=O)(=O)CCNCC1CCN(c2nc(Nc3ccc4cnn(C(=O)O)c4c3)nc3ccoc23)CC1. The van der Waals surface area contributed by atoms with Gasteiger partial charge < -0.3 is 25.1 Å². The summed E-state index contributed by atoms with van der Waals surface area (Å²) in [7, 11) is -2.96.